The van der Waals surface area contributed by atoms with Gasteiger partial charge in [0.1, 0.15) is 11.5 Å². The quantitative estimate of drug-likeness (QED) is 0.816. The second kappa shape index (κ2) is 3.83. The lowest BCUT2D eigenvalue weighted by atomic mass is 9.99. The summed E-state index contributed by atoms with van der Waals surface area (Å²) in [5.74, 6) is 0.147. The molecule has 7 heteroatoms. The third-order valence-corrected chi connectivity index (χ3v) is 2.48. The molecule has 0 aliphatic carbocycles. The number of amidine groups is 1. The largest absolute Gasteiger partial charge is 0.433 e. The number of hydrogen-bond acceptors (Lipinski definition) is 4. The molecule has 0 saturated carbocycles. The van der Waals surface area contributed by atoms with Crippen molar-refractivity contribution < 1.29 is 13.2 Å². The molecule has 2 heterocycles. The van der Waals surface area contributed by atoms with Crippen molar-refractivity contribution in [2.24, 2.45) is 21.9 Å². The molecule has 0 amide bonds. The molecule has 0 aromatic carbocycles. The maximum atomic E-state index is 12.3. The van der Waals surface area contributed by atoms with Gasteiger partial charge in [0.15, 0.2) is 0 Å². The predicted molar refractivity (Wildman–Crippen MR) is 56.6 cm³/mol. The van der Waals surface area contributed by atoms with Crippen LogP contribution in [-0.4, -0.2) is 16.5 Å². The van der Waals surface area contributed by atoms with Crippen LogP contribution in [0, 0.1) is 5.92 Å². The van der Waals surface area contributed by atoms with Crippen molar-refractivity contribution in [2.75, 3.05) is 0 Å². The fourth-order valence-corrected chi connectivity index (χ4v) is 1.45. The van der Waals surface area contributed by atoms with Gasteiger partial charge < -0.3 is 5.73 Å². The Morgan fingerprint density at radius 3 is 2.35 bits per heavy atom. The number of nitrogens with two attached hydrogens (primary N) is 1. The van der Waals surface area contributed by atoms with Gasteiger partial charge >= 0.3 is 6.18 Å². The van der Waals surface area contributed by atoms with Crippen molar-refractivity contribution in [3.05, 3.63) is 29.6 Å². The van der Waals surface area contributed by atoms with E-state index in [2.05, 4.69) is 15.2 Å². The summed E-state index contributed by atoms with van der Waals surface area (Å²) in [6.07, 6.45) is -3.30. The van der Waals surface area contributed by atoms with Gasteiger partial charge in [-0.2, -0.15) is 18.3 Å². The van der Waals surface area contributed by atoms with E-state index in [1.165, 1.54) is 6.07 Å². The molecule has 0 spiro atoms. The van der Waals surface area contributed by atoms with Gasteiger partial charge in [-0.05, 0) is 19.1 Å². The Morgan fingerprint density at radius 1 is 1.24 bits per heavy atom. The van der Waals surface area contributed by atoms with Gasteiger partial charge in [0.25, 0.3) is 0 Å². The fourth-order valence-electron chi connectivity index (χ4n) is 1.45. The average molecular weight is 242 g/mol. The Hall–Kier alpha value is -1.92. The van der Waals surface area contributed by atoms with Gasteiger partial charge in [0.05, 0.1) is 11.6 Å². The molecule has 0 bridgehead atoms. The Balaban J connectivity index is 2.26. The first-order valence-corrected chi connectivity index (χ1v) is 4.84. The molecule has 2 N–H and O–H groups in total. The fraction of sp³-hybridized carbons (Fsp3) is 0.300. The number of hydrogen-bond donors (Lipinski definition) is 1. The smallest absolute Gasteiger partial charge is 0.385 e. The highest BCUT2D eigenvalue weighted by atomic mass is 19.4. The van der Waals surface area contributed by atoms with E-state index in [4.69, 9.17) is 5.73 Å². The highest BCUT2D eigenvalue weighted by molar-refractivity contribution is 6.16. The minimum Gasteiger partial charge on any atom is -0.385 e. The van der Waals surface area contributed by atoms with Crippen LogP contribution >= 0.6 is 0 Å². The van der Waals surface area contributed by atoms with E-state index in [-0.39, 0.29) is 5.92 Å². The van der Waals surface area contributed by atoms with Crippen LogP contribution in [0.5, 0.6) is 0 Å². The molecule has 1 atom stereocenters. The molecule has 1 aliphatic heterocycles. The summed E-state index contributed by atoms with van der Waals surface area (Å²) in [5.41, 5.74) is 5.64. The maximum absolute atomic E-state index is 12.3. The molecule has 0 saturated heterocycles. The van der Waals surface area contributed by atoms with Gasteiger partial charge in [-0.25, -0.2) is 0 Å². The van der Waals surface area contributed by atoms with Crippen LogP contribution < -0.4 is 5.73 Å². The number of aromatic nitrogens is 1. The first kappa shape index (κ1) is 11.6. The molecule has 1 aliphatic rings. The Labute approximate surface area is 95.1 Å². The van der Waals surface area contributed by atoms with E-state index >= 15 is 0 Å². The SMILES string of the molecule is CC1C(N)=NN=C1c1ccc(C(F)(F)F)nc1. The van der Waals surface area contributed by atoms with Crippen molar-refractivity contribution in [1.82, 2.24) is 4.98 Å². The van der Waals surface area contributed by atoms with Crippen molar-refractivity contribution in [3.63, 3.8) is 0 Å². The first-order chi connectivity index (χ1) is 7.89. The van der Waals surface area contributed by atoms with E-state index in [0.717, 1.165) is 12.3 Å². The molecule has 4 nitrogen and oxygen atoms in total. The van der Waals surface area contributed by atoms with E-state index in [1.54, 1.807) is 6.92 Å². The monoisotopic (exact) mass is 242 g/mol. The molecule has 1 aromatic heterocycles. The summed E-state index contributed by atoms with van der Waals surface area (Å²) in [6.45, 7) is 1.78. The van der Waals surface area contributed by atoms with Crippen LogP contribution in [-0.2, 0) is 6.18 Å². The minimum absolute atomic E-state index is 0.200. The zero-order valence-corrected chi connectivity index (χ0v) is 8.86. The van der Waals surface area contributed by atoms with Crippen LogP contribution in [0.3, 0.4) is 0 Å². The summed E-state index contributed by atoms with van der Waals surface area (Å²) in [7, 11) is 0. The minimum atomic E-state index is -4.43. The van der Waals surface area contributed by atoms with Gasteiger partial charge in [-0.15, -0.1) is 5.10 Å². The number of pyridine rings is 1. The van der Waals surface area contributed by atoms with E-state index in [1.807, 2.05) is 0 Å². The normalized spacial score (nSPS) is 20.1. The molecule has 17 heavy (non-hydrogen) atoms. The second-order valence-electron chi connectivity index (χ2n) is 3.66. The third kappa shape index (κ3) is 2.13. The number of alkyl halides is 3. The molecule has 90 valence electrons. The van der Waals surface area contributed by atoms with E-state index in [0.29, 0.717) is 17.1 Å². The summed E-state index contributed by atoms with van der Waals surface area (Å²) >= 11 is 0. The second-order valence-corrected chi connectivity index (χ2v) is 3.66. The molecule has 1 aromatic rings. The van der Waals surface area contributed by atoms with Crippen molar-refractivity contribution in [2.45, 2.75) is 13.1 Å². The lowest BCUT2D eigenvalue weighted by Crippen LogP contribution is -2.24. The highest BCUT2D eigenvalue weighted by Crippen LogP contribution is 2.27. The van der Waals surface area contributed by atoms with Crippen LogP contribution in [0.4, 0.5) is 13.2 Å². The van der Waals surface area contributed by atoms with Crippen molar-refractivity contribution >= 4 is 11.5 Å². The third-order valence-electron chi connectivity index (χ3n) is 2.48. The molecule has 0 fully saturated rings. The summed E-state index contributed by atoms with van der Waals surface area (Å²) in [6, 6.07) is 2.23. The maximum Gasteiger partial charge on any atom is 0.433 e. The molecule has 0 radical (unpaired) electrons. The number of nitrogens with zero attached hydrogens (tertiary/aromatic N) is 3. The summed E-state index contributed by atoms with van der Waals surface area (Å²) in [5, 5.41) is 7.50. The zero-order valence-electron chi connectivity index (χ0n) is 8.86. The Kier molecular flexibility index (Phi) is 2.60. The molecule has 2 rings (SSSR count). The van der Waals surface area contributed by atoms with Crippen molar-refractivity contribution in [3.8, 4) is 0 Å². The molecule has 1 unspecified atom stereocenters. The van der Waals surface area contributed by atoms with Crippen LogP contribution in [0.2, 0.25) is 0 Å². The number of halogens is 3. The molecular weight excluding hydrogens is 233 g/mol. The molecular formula is C10H9F3N4. The van der Waals surface area contributed by atoms with E-state index in [9.17, 15) is 13.2 Å². The average Bonchev–Trinajstić information content (AvgIpc) is 2.59. The van der Waals surface area contributed by atoms with Gasteiger partial charge in [-0.3, -0.25) is 4.98 Å². The standard InChI is InChI=1S/C10H9F3N4/c1-5-8(16-17-9(5)14)6-2-3-7(15-4-6)10(11,12)13/h2-5H,1H3,(H2,14,17). The van der Waals surface area contributed by atoms with E-state index < -0.39 is 11.9 Å². The predicted octanol–water partition coefficient (Wildman–Crippen LogP) is 1.81. The van der Waals surface area contributed by atoms with Crippen LogP contribution in [0.15, 0.2) is 28.5 Å². The Bertz CT molecular complexity index is 487. The first-order valence-electron chi connectivity index (χ1n) is 4.84. The Morgan fingerprint density at radius 2 is 1.94 bits per heavy atom. The van der Waals surface area contributed by atoms with Gasteiger partial charge in [-0.1, -0.05) is 0 Å². The highest BCUT2D eigenvalue weighted by Gasteiger charge is 2.32. The van der Waals surface area contributed by atoms with Crippen molar-refractivity contribution in [1.29, 1.82) is 0 Å². The summed E-state index contributed by atoms with van der Waals surface area (Å²) < 4.78 is 36.9. The van der Waals surface area contributed by atoms with Gasteiger partial charge in [0, 0.05) is 11.8 Å². The zero-order chi connectivity index (χ0) is 12.6. The lowest BCUT2D eigenvalue weighted by Gasteiger charge is -2.09. The number of rotatable bonds is 1. The van der Waals surface area contributed by atoms with Gasteiger partial charge in [0.2, 0.25) is 0 Å². The summed E-state index contributed by atoms with van der Waals surface area (Å²) in [4.78, 5) is 3.36. The van der Waals surface area contributed by atoms with Crippen LogP contribution in [0.1, 0.15) is 18.2 Å². The topological polar surface area (TPSA) is 63.6 Å². The van der Waals surface area contributed by atoms with Crippen LogP contribution in [0.25, 0.3) is 0 Å². The lowest BCUT2D eigenvalue weighted by molar-refractivity contribution is -0.141.